The Hall–Kier alpha value is -2.04. The number of rotatable bonds is 6. The molecule has 1 unspecified atom stereocenters. The van der Waals surface area contributed by atoms with Gasteiger partial charge in [-0.15, -0.1) is 0 Å². The van der Waals surface area contributed by atoms with Crippen molar-refractivity contribution in [2.24, 2.45) is 5.92 Å². The fraction of sp³-hybridized carbons (Fsp3) is 0.409. The van der Waals surface area contributed by atoms with Gasteiger partial charge in [0.25, 0.3) is 0 Å². The molecule has 2 aromatic rings. The molecule has 0 spiro atoms. The second kappa shape index (κ2) is 9.25. The van der Waals surface area contributed by atoms with Crippen molar-refractivity contribution in [3.8, 4) is 5.75 Å². The van der Waals surface area contributed by atoms with Gasteiger partial charge in [0, 0.05) is 29.9 Å². The molecule has 0 aliphatic carbocycles. The number of nitrogens with one attached hydrogen (secondary N) is 1. The van der Waals surface area contributed by atoms with Gasteiger partial charge in [-0.2, -0.15) is 0 Å². The van der Waals surface area contributed by atoms with E-state index in [1.165, 1.54) is 5.56 Å². The third kappa shape index (κ3) is 5.98. The van der Waals surface area contributed by atoms with E-state index in [4.69, 9.17) is 16.3 Å². The van der Waals surface area contributed by atoms with E-state index in [0.717, 1.165) is 48.9 Å². The molecule has 1 heterocycles. The second-order valence-electron chi connectivity index (χ2n) is 7.38. The lowest BCUT2D eigenvalue weighted by Gasteiger charge is -2.32. The molecule has 1 aliphatic rings. The minimum Gasteiger partial charge on any atom is -0.491 e. The molecule has 0 radical (unpaired) electrons. The fourth-order valence-corrected chi connectivity index (χ4v) is 3.55. The van der Waals surface area contributed by atoms with Crippen molar-refractivity contribution in [2.75, 3.05) is 18.4 Å². The number of benzene rings is 2. The number of piperidine rings is 1. The smallest absolute Gasteiger partial charge is 0.228 e. The largest absolute Gasteiger partial charge is 0.491 e. The monoisotopic (exact) mass is 386 g/mol. The van der Waals surface area contributed by atoms with E-state index in [1.54, 1.807) is 0 Å². The summed E-state index contributed by atoms with van der Waals surface area (Å²) >= 11 is 5.96. The van der Waals surface area contributed by atoms with Crippen molar-refractivity contribution in [1.29, 1.82) is 0 Å². The predicted molar refractivity (Wildman–Crippen MR) is 110 cm³/mol. The highest BCUT2D eigenvalue weighted by Gasteiger charge is 2.26. The number of anilines is 1. The molecular weight excluding hydrogens is 360 g/mol. The average molecular weight is 387 g/mol. The van der Waals surface area contributed by atoms with Crippen molar-refractivity contribution in [2.45, 2.75) is 39.3 Å². The van der Waals surface area contributed by atoms with E-state index >= 15 is 0 Å². The van der Waals surface area contributed by atoms with E-state index in [9.17, 15) is 4.79 Å². The molecule has 0 aromatic heterocycles. The number of hydrogen-bond acceptors (Lipinski definition) is 3. The summed E-state index contributed by atoms with van der Waals surface area (Å²) in [5.41, 5.74) is 2.01. The number of carbonyl (C=O) groups excluding carboxylic acids is 1. The second-order valence-corrected chi connectivity index (χ2v) is 7.82. The lowest BCUT2D eigenvalue weighted by molar-refractivity contribution is -0.121. The summed E-state index contributed by atoms with van der Waals surface area (Å²) in [4.78, 5) is 15.1. The van der Waals surface area contributed by atoms with Crippen molar-refractivity contribution in [1.82, 2.24) is 4.90 Å². The van der Waals surface area contributed by atoms with E-state index in [0.29, 0.717) is 0 Å². The van der Waals surface area contributed by atoms with Crippen LogP contribution in [0.3, 0.4) is 0 Å². The Labute approximate surface area is 166 Å². The molecule has 1 fully saturated rings. The molecule has 1 N–H and O–H groups in total. The molecule has 3 rings (SSSR count). The Morgan fingerprint density at radius 3 is 2.78 bits per heavy atom. The maximum atomic E-state index is 12.7. The topological polar surface area (TPSA) is 41.6 Å². The van der Waals surface area contributed by atoms with Gasteiger partial charge in [0.05, 0.1) is 12.0 Å². The first-order valence-corrected chi connectivity index (χ1v) is 9.92. The quantitative estimate of drug-likeness (QED) is 0.761. The Bertz CT molecular complexity index is 761. The number of nitrogens with zero attached hydrogens (tertiary/aromatic N) is 1. The molecule has 4 nitrogen and oxygen atoms in total. The van der Waals surface area contributed by atoms with Crippen LogP contribution in [0, 0.1) is 5.92 Å². The maximum absolute atomic E-state index is 12.7. The van der Waals surface area contributed by atoms with Crippen LogP contribution >= 0.6 is 11.6 Å². The van der Waals surface area contributed by atoms with Crippen LogP contribution in [0.1, 0.15) is 32.3 Å². The van der Waals surface area contributed by atoms with Gasteiger partial charge in [0.15, 0.2) is 0 Å². The van der Waals surface area contributed by atoms with Gasteiger partial charge >= 0.3 is 0 Å². The number of hydrogen-bond donors (Lipinski definition) is 1. The first kappa shape index (κ1) is 19.7. The molecule has 2 aromatic carbocycles. The molecule has 1 atom stereocenters. The zero-order valence-electron chi connectivity index (χ0n) is 16.0. The van der Waals surface area contributed by atoms with E-state index in [-0.39, 0.29) is 17.9 Å². The van der Waals surface area contributed by atoms with Crippen LogP contribution in [0.15, 0.2) is 48.5 Å². The third-order valence-electron chi connectivity index (χ3n) is 4.67. The third-order valence-corrected chi connectivity index (χ3v) is 4.92. The highest BCUT2D eigenvalue weighted by atomic mass is 35.5. The summed E-state index contributed by atoms with van der Waals surface area (Å²) in [6.07, 6.45) is 2.06. The molecular formula is C22H27ClN2O2. The summed E-state index contributed by atoms with van der Waals surface area (Å²) < 4.78 is 5.70. The first-order valence-electron chi connectivity index (χ1n) is 9.54. The zero-order chi connectivity index (χ0) is 19.2. The van der Waals surface area contributed by atoms with Gasteiger partial charge in [-0.3, -0.25) is 9.69 Å². The van der Waals surface area contributed by atoms with Gasteiger partial charge in [0.2, 0.25) is 5.91 Å². The van der Waals surface area contributed by atoms with E-state index in [2.05, 4.69) is 10.2 Å². The van der Waals surface area contributed by atoms with Crippen LogP contribution in [-0.4, -0.2) is 30.0 Å². The molecule has 1 saturated heterocycles. The van der Waals surface area contributed by atoms with Crippen LogP contribution < -0.4 is 10.1 Å². The molecule has 5 heteroatoms. The lowest BCUT2D eigenvalue weighted by atomic mass is 9.96. The van der Waals surface area contributed by atoms with Crippen LogP contribution in [0.25, 0.3) is 0 Å². The van der Waals surface area contributed by atoms with Gasteiger partial charge < -0.3 is 10.1 Å². The number of carbonyl (C=O) groups is 1. The Balaban J connectivity index is 1.57. The Morgan fingerprint density at radius 1 is 1.26 bits per heavy atom. The minimum absolute atomic E-state index is 0.000670. The highest BCUT2D eigenvalue weighted by Crippen LogP contribution is 2.23. The molecule has 1 aliphatic heterocycles. The molecule has 1 amide bonds. The molecule has 144 valence electrons. The van der Waals surface area contributed by atoms with E-state index < -0.39 is 0 Å². The summed E-state index contributed by atoms with van der Waals surface area (Å²) in [6.45, 7) is 6.62. The standard InChI is InChI=1S/C22H27ClN2O2/c1-16(2)27-21-7-3-6-20(13-21)24-22(26)18-5-4-12-25(15-18)14-17-8-10-19(23)11-9-17/h3,6-11,13,16,18H,4-5,12,14-15H2,1-2H3,(H,24,26). The minimum atomic E-state index is 0.000670. The number of ether oxygens (including phenoxy) is 1. The maximum Gasteiger partial charge on any atom is 0.228 e. The first-order chi connectivity index (χ1) is 13.0. The Kier molecular flexibility index (Phi) is 6.75. The van der Waals surface area contributed by atoms with Gasteiger partial charge in [-0.1, -0.05) is 29.8 Å². The van der Waals surface area contributed by atoms with Crippen LogP contribution in [0.5, 0.6) is 5.75 Å². The van der Waals surface area contributed by atoms with Crippen molar-refractivity contribution >= 4 is 23.2 Å². The normalized spacial score (nSPS) is 17.7. The number of amides is 1. The van der Waals surface area contributed by atoms with Crippen LogP contribution in [0.4, 0.5) is 5.69 Å². The summed E-state index contributed by atoms with van der Waals surface area (Å²) in [5, 5.41) is 3.80. The average Bonchev–Trinajstić information content (AvgIpc) is 2.64. The molecule has 0 bridgehead atoms. The summed E-state index contributed by atoms with van der Waals surface area (Å²) in [7, 11) is 0. The number of halogens is 1. The predicted octanol–water partition coefficient (Wildman–Crippen LogP) is 4.98. The van der Waals surface area contributed by atoms with Gasteiger partial charge in [0.1, 0.15) is 5.75 Å². The van der Waals surface area contributed by atoms with Gasteiger partial charge in [-0.25, -0.2) is 0 Å². The summed E-state index contributed by atoms with van der Waals surface area (Å²) in [5.74, 6) is 0.856. The van der Waals surface area contributed by atoms with E-state index in [1.807, 2.05) is 62.4 Å². The van der Waals surface area contributed by atoms with Crippen LogP contribution in [-0.2, 0) is 11.3 Å². The highest BCUT2D eigenvalue weighted by molar-refractivity contribution is 6.30. The van der Waals surface area contributed by atoms with Crippen molar-refractivity contribution in [3.05, 3.63) is 59.1 Å². The fourth-order valence-electron chi connectivity index (χ4n) is 3.42. The molecule has 27 heavy (non-hydrogen) atoms. The SMILES string of the molecule is CC(C)Oc1cccc(NC(=O)C2CCCN(Cc3ccc(Cl)cc3)C2)c1. The Morgan fingerprint density at radius 2 is 2.04 bits per heavy atom. The number of likely N-dealkylation sites (tertiary alicyclic amines) is 1. The summed E-state index contributed by atoms with van der Waals surface area (Å²) in [6, 6.07) is 15.5. The lowest BCUT2D eigenvalue weighted by Crippen LogP contribution is -2.40. The van der Waals surface area contributed by atoms with Crippen molar-refractivity contribution in [3.63, 3.8) is 0 Å². The van der Waals surface area contributed by atoms with Gasteiger partial charge in [-0.05, 0) is 63.1 Å². The molecule has 0 saturated carbocycles. The van der Waals surface area contributed by atoms with Crippen LogP contribution in [0.2, 0.25) is 5.02 Å². The van der Waals surface area contributed by atoms with Crippen molar-refractivity contribution < 1.29 is 9.53 Å². The zero-order valence-corrected chi connectivity index (χ0v) is 16.7.